The van der Waals surface area contributed by atoms with Crippen molar-refractivity contribution in [3.05, 3.63) is 22.4 Å². The lowest BCUT2D eigenvalue weighted by atomic mass is 10.1. The summed E-state index contributed by atoms with van der Waals surface area (Å²) in [6, 6.07) is 1.76. The molecule has 1 heterocycles. The third kappa shape index (κ3) is 3.68. The zero-order chi connectivity index (χ0) is 11.3. The number of hydrogen-bond acceptors (Lipinski definition) is 2. The molecule has 0 spiro atoms. The number of rotatable bonds is 5. The first-order chi connectivity index (χ1) is 7.17. The summed E-state index contributed by atoms with van der Waals surface area (Å²) in [4.78, 5) is 14.5. The molecule has 15 heavy (non-hydrogen) atoms. The van der Waals surface area contributed by atoms with Crippen molar-refractivity contribution >= 4 is 21.8 Å². The summed E-state index contributed by atoms with van der Waals surface area (Å²) < 4.78 is 0.850. The summed E-state index contributed by atoms with van der Waals surface area (Å²) >= 11 is 3.26. The molecular formula is C10H15BrN2O2. The van der Waals surface area contributed by atoms with Crippen LogP contribution in [0.15, 0.2) is 16.7 Å². The van der Waals surface area contributed by atoms with Gasteiger partial charge in [0.05, 0.1) is 0 Å². The Morgan fingerprint density at radius 1 is 1.73 bits per heavy atom. The van der Waals surface area contributed by atoms with E-state index in [2.05, 4.69) is 26.2 Å². The smallest absolute Gasteiger partial charge is 0.267 e. The van der Waals surface area contributed by atoms with Crippen molar-refractivity contribution in [2.24, 2.45) is 0 Å². The van der Waals surface area contributed by atoms with Crippen LogP contribution < -0.4 is 5.32 Å². The van der Waals surface area contributed by atoms with Gasteiger partial charge in [0.2, 0.25) is 0 Å². The van der Waals surface area contributed by atoms with Crippen LogP contribution >= 0.6 is 15.9 Å². The Bertz CT molecular complexity index is 325. The van der Waals surface area contributed by atoms with E-state index in [1.165, 1.54) is 0 Å². The number of halogens is 1. The molecule has 1 aromatic rings. The van der Waals surface area contributed by atoms with Crippen molar-refractivity contribution in [1.29, 1.82) is 0 Å². The van der Waals surface area contributed by atoms with Crippen molar-refractivity contribution in [2.75, 3.05) is 6.61 Å². The van der Waals surface area contributed by atoms with E-state index in [0.29, 0.717) is 12.1 Å². The van der Waals surface area contributed by atoms with Crippen LogP contribution in [0.5, 0.6) is 0 Å². The van der Waals surface area contributed by atoms with Crippen molar-refractivity contribution in [2.45, 2.75) is 25.8 Å². The Morgan fingerprint density at radius 2 is 2.47 bits per heavy atom. The van der Waals surface area contributed by atoms with Gasteiger partial charge in [-0.05, 0) is 34.8 Å². The van der Waals surface area contributed by atoms with E-state index in [-0.39, 0.29) is 18.6 Å². The van der Waals surface area contributed by atoms with Gasteiger partial charge in [-0.15, -0.1) is 0 Å². The molecule has 0 aliphatic carbocycles. The number of carbonyl (C=O) groups excluding carboxylic acids is 1. The van der Waals surface area contributed by atoms with Gasteiger partial charge in [-0.1, -0.05) is 6.92 Å². The maximum Gasteiger partial charge on any atom is 0.267 e. The van der Waals surface area contributed by atoms with Crippen LogP contribution in [0.4, 0.5) is 0 Å². The minimum absolute atomic E-state index is 0.0320. The van der Waals surface area contributed by atoms with Gasteiger partial charge in [-0.25, -0.2) is 0 Å². The normalized spacial score (nSPS) is 12.5. The maximum absolute atomic E-state index is 11.7. The minimum atomic E-state index is -0.138. The van der Waals surface area contributed by atoms with Gasteiger partial charge in [0.15, 0.2) is 0 Å². The van der Waals surface area contributed by atoms with Gasteiger partial charge >= 0.3 is 0 Å². The van der Waals surface area contributed by atoms with Crippen molar-refractivity contribution in [3.63, 3.8) is 0 Å². The molecular weight excluding hydrogens is 260 g/mol. The van der Waals surface area contributed by atoms with Crippen LogP contribution in [0, 0.1) is 0 Å². The summed E-state index contributed by atoms with van der Waals surface area (Å²) in [5, 5.41) is 11.6. The van der Waals surface area contributed by atoms with Crippen LogP contribution in [-0.4, -0.2) is 28.6 Å². The molecule has 0 aromatic carbocycles. The number of nitrogens with one attached hydrogen (secondary N) is 2. The molecule has 1 rings (SSSR count). The number of H-pyrrole nitrogens is 1. The average Bonchev–Trinajstić information content (AvgIpc) is 2.64. The van der Waals surface area contributed by atoms with Gasteiger partial charge < -0.3 is 15.4 Å². The van der Waals surface area contributed by atoms with Gasteiger partial charge in [0, 0.05) is 23.3 Å². The van der Waals surface area contributed by atoms with Crippen LogP contribution in [-0.2, 0) is 0 Å². The summed E-state index contributed by atoms with van der Waals surface area (Å²) in [5.41, 5.74) is 0.526. The fraction of sp³-hybridized carbons (Fsp3) is 0.500. The zero-order valence-corrected chi connectivity index (χ0v) is 10.2. The number of carbonyl (C=O) groups is 1. The second-order valence-electron chi connectivity index (χ2n) is 3.32. The van der Waals surface area contributed by atoms with Crippen molar-refractivity contribution in [1.82, 2.24) is 10.3 Å². The number of hydrogen-bond donors (Lipinski definition) is 3. The third-order valence-corrected chi connectivity index (χ3v) is 2.66. The highest BCUT2D eigenvalue weighted by Gasteiger charge is 2.12. The summed E-state index contributed by atoms with van der Waals surface area (Å²) in [6.45, 7) is 2.07. The first-order valence-electron chi connectivity index (χ1n) is 4.93. The molecule has 0 radical (unpaired) electrons. The second-order valence-corrected chi connectivity index (χ2v) is 4.24. The van der Waals surface area contributed by atoms with E-state index in [1.807, 2.05) is 6.92 Å². The van der Waals surface area contributed by atoms with Gasteiger partial charge in [0.1, 0.15) is 5.69 Å². The topological polar surface area (TPSA) is 65.1 Å². The molecule has 84 valence electrons. The van der Waals surface area contributed by atoms with Crippen LogP contribution in [0.2, 0.25) is 0 Å². The lowest BCUT2D eigenvalue weighted by Crippen LogP contribution is -2.35. The largest absolute Gasteiger partial charge is 0.396 e. The first-order valence-corrected chi connectivity index (χ1v) is 5.72. The Morgan fingerprint density at radius 3 is 2.93 bits per heavy atom. The quantitative estimate of drug-likeness (QED) is 0.765. The minimum Gasteiger partial charge on any atom is -0.396 e. The van der Waals surface area contributed by atoms with E-state index < -0.39 is 0 Å². The molecule has 1 unspecified atom stereocenters. The number of amides is 1. The standard InChI is InChI=1S/C10H15BrN2O2/c1-2-8(3-4-14)13-10(15)9-5-7(11)6-12-9/h5-6,8,12,14H,2-4H2,1H3,(H,13,15). The Hall–Kier alpha value is -0.810. The number of aromatic amines is 1. The third-order valence-electron chi connectivity index (χ3n) is 2.20. The van der Waals surface area contributed by atoms with Gasteiger partial charge in [0.25, 0.3) is 5.91 Å². The molecule has 0 fully saturated rings. The molecule has 1 aromatic heterocycles. The molecule has 0 aliphatic heterocycles. The molecule has 1 amide bonds. The summed E-state index contributed by atoms with van der Waals surface area (Å²) in [6.07, 6.45) is 3.11. The number of aliphatic hydroxyl groups excluding tert-OH is 1. The maximum atomic E-state index is 11.7. The van der Waals surface area contributed by atoms with Gasteiger partial charge in [-0.2, -0.15) is 0 Å². The second kappa shape index (κ2) is 5.92. The van der Waals surface area contributed by atoms with E-state index in [9.17, 15) is 4.79 Å². The average molecular weight is 275 g/mol. The van der Waals surface area contributed by atoms with Gasteiger partial charge in [-0.3, -0.25) is 4.79 Å². The molecule has 5 heteroatoms. The highest BCUT2D eigenvalue weighted by molar-refractivity contribution is 9.10. The Balaban J connectivity index is 2.54. The SMILES string of the molecule is CCC(CCO)NC(=O)c1cc(Br)c[nH]1. The summed E-state index contributed by atoms with van der Waals surface area (Å²) in [7, 11) is 0. The molecule has 3 N–H and O–H groups in total. The molecule has 0 saturated heterocycles. The van der Waals surface area contributed by atoms with E-state index in [1.54, 1.807) is 12.3 Å². The highest BCUT2D eigenvalue weighted by Crippen LogP contribution is 2.10. The monoisotopic (exact) mass is 274 g/mol. The molecule has 0 bridgehead atoms. The predicted octanol–water partition coefficient (Wildman–Crippen LogP) is 1.67. The van der Waals surface area contributed by atoms with Crippen LogP contribution in [0.25, 0.3) is 0 Å². The fourth-order valence-corrected chi connectivity index (χ4v) is 1.64. The first kappa shape index (κ1) is 12.3. The molecule has 1 atom stereocenters. The highest BCUT2D eigenvalue weighted by atomic mass is 79.9. The Labute approximate surface area is 97.2 Å². The van der Waals surface area contributed by atoms with Crippen LogP contribution in [0.1, 0.15) is 30.3 Å². The zero-order valence-electron chi connectivity index (χ0n) is 8.59. The predicted molar refractivity (Wildman–Crippen MR) is 61.7 cm³/mol. The molecule has 0 saturated carbocycles. The number of aromatic nitrogens is 1. The van der Waals surface area contributed by atoms with Crippen LogP contribution in [0.3, 0.4) is 0 Å². The number of aliphatic hydroxyl groups is 1. The lowest BCUT2D eigenvalue weighted by molar-refractivity contribution is 0.0924. The summed E-state index contributed by atoms with van der Waals surface area (Å²) in [5.74, 6) is -0.138. The lowest BCUT2D eigenvalue weighted by Gasteiger charge is -2.14. The van der Waals surface area contributed by atoms with Crippen molar-refractivity contribution in [3.8, 4) is 0 Å². The van der Waals surface area contributed by atoms with E-state index in [4.69, 9.17) is 5.11 Å². The fourth-order valence-electron chi connectivity index (χ4n) is 1.30. The van der Waals surface area contributed by atoms with Crippen molar-refractivity contribution < 1.29 is 9.90 Å². The molecule has 4 nitrogen and oxygen atoms in total. The van der Waals surface area contributed by atoms with E-state index >= 15 is 0 Å². The molecule has 0 aliphatic rings. The van der Waals surface area contributed by atoms with E-state index in [0.717, 1.165) is 10.9 Å². The Kier molecular flexibility index (Phi) is 4.84.